The van der Waals surface area contributed by atoms with Gasteiger partial charge in [-0.2, -0.15) is 0 Å². The molecule has 0 radical (unpaired) electrons. The van der Waals surface area contributed by atoms with Crippen molar-refractivity contribution in [2.45, 2.75) is 25.8 Å². The quantitative estimate of drug-likeness (QED) is 0.886. The first-order valence-corrected chi connectivity index (χ1v) is 7.61. The number of amides is 1. The molecule has 0 aliphatic carbocycles. The number of nitrogens with zero attached hydrogens (tertiary/aromatic N) is 1. The van der Waals surface area contributed by atoms with Crippen LogP contribution in [-0.4, -0.2) is 17.5 Å². The van der Waals surface area contributed by atoms with Crippen LogP contribution in [0.3, 0.4) is 0 Å². The molecular formula is C15H16F2N2O2S. The first-order valence-electron chi connectivity index (χ1n) is 6.73. The number of rotatable bonds is 6. The van der Waals surface area contributed by atoms with Gasteiger partial charge in [-0.1, -0.05) is 6.92 Å². The molecule has 118 valence electrons. The lowest BCUT2D eigenvalue weighted by Gasteiger charge is -2.27. The molecular weight excluding hydrogens is 310 g/mol. The van der Waals surface area contributed by atoms with Gasteiger partial charge < -0.3 is 10.1 Å². The minimum atomic E-state index is -0.842. The van der Waals surface area contributed by atoms with Crippen molar-refractivity contribution < 1.29 is 18.3 Å². The number of benzene rings is 1. The van der Waals surface area contributed by atoms with E-state index in [1.807, 2.05) is 19.2 Å². The topological polar surface area (TPSA) is 51.2 Å². The van der Waals surface area contributed by atoms with Crippen molar-refractivity contribution in [2.24, 2.45) is 0 Å². The van der Waals surface area contributed by atoms with Gasteiger partial charge in [-0.3, -0.25) is 4.79 Å². The second kappa shape index (κ2) is 6.83. The Bertz CT molecular complexity index is 649. The summed E-state index contributed by atoms with van der Waals surface area (Å²) in [6.07, 6.45) is 2.32. The molecule has 1 atom stereocenters. The summed E-state index contributed by atoms with van der Waals surface area (Å²) in [4.78, 5) is 16.2. The van der Waals surface area contributed by atoms with E-state index >= 15 is 0 Å². The van der Waals surface area contributed by atoms with E-state index in [2.05, 4.69) is 10.3 Å². The van der Waals surface area contributed by atoms with E-state index in [0.717, 1.165) is 17.1 Å². The van der Waals surface area contributed by atoms with Crippen LogP contribution in [0.4, 0.5) is 8.78 Å². The van der Waals surface area contributed by atoms with Crippen molar-refractivity contribution in [2.75, 3.05) is 6.61 Å². The molecule has 1 amide bonds. The summed E-state index contributed by atoms with van der Waals surface area (Å²) in [6, 6.07) is 2.93. The van der Waals surface area contributed by atoms with Crippen LogP contribution in [0.5, 0.6) is 5.75 Å². The molecule has 2 aromatic rings. The number of thiazole rings is 1. The first kappa shape index (κ1) is 16.4. The predicted molar refractivity (Wildman–Crippen MR) is 79.8 cm³/mol. The fourth-order valence-electron chi connectivity index (χ4n) is 1.87. The van der Waals surface area contributed by atoms with Gasteiger partial charge in [0, 0.05) is 17.6 Å². The molecule has 0 aliphatic rings. The Morgan fingerprint density at radius 1 is 1.45 bits per heavy atom. The Labute approximate surface area is 131 Å². The smallest absolute Gasteiger partial charge is 0.258 e. The monoisotopic (exact) mass is 326 g/mol. The van der Waals surface area contributed by atoms with Gasteiger partial charge in [0.25, 0.3) is 5.91 Å². The highest BCUT2D eigenvalue weighted by Crippen LogP contribution is 2.26. The highest BCUT2D eigenvalue weighted by atomic mass is 32.1. The molecule has 0 fully saturated rings. The van der Waals surface area contributed by atoms with Crippen molar-refractivity contribution in [3.05, 3.63) is 46.4 Å². The number of ether oxygens (including phenoxy) is 1. The zero-order valence-electron chi connectivity index (χ0n) is 12.2. The average molecular weight is 326 g/mol. The molecule has 1 aromatic carbocycles. The number of aromatic nitrogens is 1. The molecule has 7 heteroatoms. The normalized spacial score (nSPS) is 13.5. The van der Waals surface area contributed by atoms with Gasteiger partial charge in [-0.15, -0.1) is 11.3 Å². The van der Waals surface area contributed by atoms with E-state index in [1.54, 1.807) is 6.20 Å². The van der Waals surface area contributed by atoms with E-state index in [0.29, 0.717) is 12.5 Å². The summed E-state index contributed by atoms with van der Waals surface area (Å²) < 4.78 is 31.3. The average Bonchev–Trinajstić information content (AvgIpc) is 3.01. The lowest BCUT2D eigenvalue weighted by molar-refractivity contribution is -0.125. The van der Waals surface area contributed by atoms with Gasteiger partial charge in [0.15, 0.2) is 18.2 Å². The van der Waals surface area contributed by atoms with Gasteiger partial charge in [-0.05, 0) is 25.5 Å². The number of nitrogens with one attached hydrogen (secondary N) is 1. The van der Waals surface area contributed by atoms with E-state index < -0.39 is 23.1 Å². The van der Waals surface area contributed by atoms with Crippen LogP contribution >= 0.6 is 11.3 Å². The van der Waals surface area contributed by atoms with Crippen molar-refractivity contribution in [3.8, 4) is 5.75 Å². The van der Waals surface area contributed by atoms with Crippen molar-refractivity contribution in [3.63, 3.8) is 0 Å². The third-order valence-corrected chi connectivity index (χ3v) is 4.32. The predicted octanol–water partition coefficient (Wildman–Crippen LogP) is 3.24. The summed E-state index contributed by atoms with van der Waals surface area (Å²) in [7, 11) is 0. The number of carbonyl (C=O) groups is 1. The maximum atomic E-state index is 13.4. The van der Waals surface area contributed by atoms with E-state index in [1.165, 1.54) is 11.3 Å². The first-order chi connectivity index (χ1) is 10.4. The van der Waals surface area contributed by atoms with E-state index in [9.17, 15) is 13.6 Å². The fraction of sp³-hybridized carbons (Fsp3) is 0.333. The van der Waals surface area contributed by atoms with Crippen molar-refractivity contribution >= 4 is 17.2 Å². The van der Waals surface area contributed by atoms with Crippen LogP contribution in [-0.2, 0) is 10.3 Å². The molecule has 1 aromatic heterocycles. The Hall–Kier alpha value is -2.02. The maximum absolute atomic E-state index is 13.4. The molecule has 0 spiro atoms. The second-order valence-electron chi connectivity index (χ2n) is 4.93. The summed E-state index contributed by atoms with van der Waals surface area (Å²) in [6.45, 7) is 3.44. The molecule has 0 aliphatic heterocycles. The molecule has 0 unspecified atom stereocenters. The third-order valence-electron chi connectivity index (χ3n) is 3.28. The van der Waals surface area contributed by atoms with Gasteiger partial charge >= 0.3 is 0 Å². The number of halogens is 2. The van der Waals surface area contributed by atoms with Gasteiger partial charge in [0.05, 0.1) is 5.54 Å². The zero-order valence-corrected chi connectivity index (χ0v) is 13.0. The molecule has 2 rings (SSSR count). The lowest BCUT2D eigenvalue weighted by atomic mass is 10.00. The van der Waals surface area contributed by atoms with Crippen molar-refractivity contribution in [1.29, 1.82) is 0 Å². The lowest BCUT2D eigenvalue weighted by Crippen LogP contribution is -2.45. The van der Waals surface area contributed by atoms with Crippen molar-refractivity contribution in [1.82, 2.24) is 10.3 Å². The minimum Gasteiger partial charge on any atom is -0.481 e. The van der Waals surface area contributed by atoms with Gasteiger partial charge in [0.1, 0.15) is 10.8 Å². The SMILES string of the molecule is CC[C@@](C)(NC(=O)COc1ccc(F)cc1F)c1nccs1. The zero-order chi connectivity index (χ0) is 16.2. The van der Waals surface area contributed by atoms with Crippen LogP contribution in [0.1, 0.15) is 25.3 Å². The highest BCUT2D eigenvalue weighted by Gasteiger charge is 2.29. The summed E-state index contributed by atoms with van der Waals surface area (Å²) in [5.41, 5.74) is -0.601. The highest BCUT2D eigenvalue weighted by molar-refractivity contribution is 7.09. The summed E-state index contributed by atoms with van der Waals surface area (Å²) in [5, 5.41) is 5.46. The van der Waals surface area contributed by atoms with Crippen LogP contribution in [0.2, 0.25) is 0 Å². The van der Waals surface area contributed by atoms with Crippen LogP contribution < -0.4 is 10.1 Å². The van der Waals surface area contributed by atoms with E-state index in [-0.39, 0.29) is 12.4 Å². The Morgan fingerprint density at radius 2 is 2.23 bits per heavy atom. The Morgan fingerprint density at radius 3 is 2.82 bits per heavy atom. The Kier molecular flexibility index (Phi) is 5.07. The standard InChI is InChI=1S/C15H16F2N2O2S/c1-3-15(2,14-18-6-7-22-14)19-13(20)9-21-12-5-4-10(16)8-11(12)17/h4-8H,3,9H2,1-2H3,(H,19,20)/t15-/m1/s1. The molecule has 4 nitrogen and oxygen atoms in total. The van der Waals surface area contributed by atoms with Crippen LogP contribution in [0, 0.1) is 11.6 Å². The largest absolute Gasteiger partial charge is 0.481 e. The second-order valence-corrected chi connectivity index (χ2v) is 5.83. The molecule has 0 saturated heterocycles. The fourth-order valence-corrected chi connectivity index (χ4v) is 2.70. The number of hydrogen-bond acceptors (Lipinski definition) is 4. The maximum Gasteiger partial charge on any atom is 0.258 e. The Balaban J connectivity index is 1.97. The summed E-state index contributed by atoms with van der Waals surface area (Å²) in [5.74, 6) is -2.10. The molecule has 1 heterocycles. The number of hydrogen-bond donors (Lipinski definition) is 1. The molecule has 0 bridgehead atoms. The number of carbonyl (C=O) groups excluding carboxylic acids is 1. The van der Waals surface area contributed by atoms with E-state index in [4.69, 9.17) is 4.74 Å². The van der Waals surface area contributed by atoms with Gasteiger partial charge in [-0.25, -0.2) is 13.8 Å². The molecule has 0 saturated carbocycles. The molecule has 22 heavy (non-hydrogen) atoms. The van der Waals surface area contributed by atoms with Crippen LogP contribution in [0.25, 0.3) is 0 Å². The third kappa shape index (κ3) is 3.79. The molecule has 1 N–H and O–H groups in total. The van der Waals surface area contributed by atoms with Crippen LogP contribution in [0.15, 0.2) is 29.8 Å². The summed E-state index contributed by atoms with van der Waals surface area (Å²) >= 11 is 1.45. The minimum absolute atomic E-state index is 0.163. The van der Waals surface area contributed by atoms with Gasteiger partial charge in [0.2, 0.25) is 0 Å².